The first-order valence-corrected chi connectivity index (χ1v) is 8.46. The summed E-state index contributed by atoms with van der Waals surface area (Å²) in [4.78, 5) is 16.9. The molecule has 1 aromatic heterocycles. The first kappa shape index (κ1) is 15.6. The van der Waals surface area contributed by atoms with Crippen LogP contribution in [-0.4, -0.2) is 17.4 Å². The van der Waals surface area contributed by atoms with E-state index >= 15 is 0 Å². The van der Waals surface area contributed by atoms with Crippen molar-refractivity contribution >= 4 is 33.1 Å². The minimum Gasteiger partial charge on any atom is -0.330 e. The molecule has 0 saturated heterocycles. The molecule has 1 amide bonds. The van der Waals surface area contributed by atoms with Crippen molar-refractivity contribution in [1.82, 2.24) is 4.98 Å². The van der Waals surface area contributed by atoms with E-state index in [-0.39, 0.29) is 11.8 Å². The molecule has 0 spiro atoms. The Bertz CT molecular complexity index is 811. The van der Waals surface area contributed by atoms with Crippen LogP contribution in [0.5, 0.6) is 0 Å². The van der Waals surface area contributed by atoms with Crippen molar-refractivity contribution in [2.45, 2.75) is 19.3 Å². The number of carbonyl (C=O) groups is 1. The van der Waals surface area contributed by atoms with E-state index in [1.165, 1.54) is 5.56 Å². The van der Waals surface area contributed by atoms with E-state index in [0.717, 1.165) is 21.5 Å². The summed E-state index contributed by atoms with van der Waals surface area (Å²) in [5.74, 6) is -0.263. The summed E-state index contributed by atoms with van der Waals surface area (Å²) in [5.41, 5.74) is 11.4. The first-order chi connectivity index (χ1) is 11.2. The SMILES string of the molecule is Cc1ccc(C(CCN)C(=O)Nc2ccc3ncsc3c2)cc1. The van der Waals surface area contributed by atoms with Gasteiger partial charge >= 0.3 is 0 Å². The quantitative estimate of drug-likeness (QED) is 0.752. The van der Waals surface area contributed by atoms with Gasteiger partial charge in [-0.3, -0.25) is 4.79 Å². The first-order valence-electron chi connectivity index (χ1n) is 7.58. The number of hydrogen-bond acceptors (Lipinski definition) is 4. The zero-order valence-electron chi connectivity index (χ0n) is 13.0. The van der Waals surface area contributed by atoms with Crippen LogP contribution in [0.4, 0.5) is 5.69 Å². The Labute approximate surface area is 139 Å². The minimum atomic E-state index is -0.238. The van der Waals surface area contributed by atoms with E-state index in [1.807, 2.05) is 49.4 Å². The summed E-state index contributed by atoms with van der Waals surface area (Å²) in [6.45, 7) is 2.51. The van der Waals surface area contributed by atoms with Crippen molar-refractivity contribution in [3.05, 3.63) is 59.1 Å². The van der Waals surface area contributed by atoms with E-state index in [0.29, 0.717) is 13.0 Å². The Balaban J connectivity index is 1.81. The molecule has 0 fully saturated rings. The second kappa shape index (κ2) is 6.89. The van der Waals surface area contributed by atoms with Gasteiger partial charge in [0.25, 0.3) is 0 Å². The topological polar surface area (TPSA) is 68.0 Å². The fourth-order valence-electron chi connectivity index (χ4n) is 2.58. The normalized spacial score (nSPS) is 12.3. The molecule has 3 rings (SSSR count). The average Bonchev–Trinajstić information content (AvgIpc) is 3.01. The van der Waals surface area contributed by atoms with Crippen LogP contribution in [0.3, 0.4) is 0 Å². The zero-order valence-corrected chi connectivity index (χ0v) is 13.8. The maximum atomic E-state index is 12.7. The van der Waals surface area contributed by atoms with E-state index < -0.39 is 0 Å². The molecule has 3 N–H and O–H groups in total. The highest BCUT2D eigenvalue weighted by Gasteiger charge is 2.20. The summed E-state index contributed by atoms with van der Waals surface area (Å²) in [5, 5.41) is 3.01. The number of anilines is 1. The van der Waals surface area contributed by atoms with Crippen molar-refractivity contribution in [2.75, 3.05) is 11.9 Å². The summed E-state index contributed by atoms with van der Waals surface area (Å²) < 4.78 is 1.06. The molecule has 0 aliphatic heterocycles. The Morgan fingerprint density at radius 3 is 2.78 bits per heavy atom. The lowest BCUT2D eigenvalue weighted by Crippen LogP contribution is -2.23. The molecule has 0 aliphatic carbocycles. The van der Waals surface area contributed by atoms with Gasteiger partial charge in [0.15, 0.2) is 0 Å². The molecule has 0 saturated carbocycles. The van der Waals surface area contributed by atoms with Gasteiger partial charge in [0, 0.05) is 5.69 Å². The molecule has 23 heavy (non-hydrogen) atoms. The lowest BCUT2D eigenvalue weighted by molar-refractivity contribution is -0.117. The summed E-state index contributed by atoms with van der Waals surface area (Å²) >= 11 is 1.56. The number of hydrogen-bond donors (Lipinski definition) is 2. The van der Waals surface area contributed by atoms with Crippen LogP contribution in [-0.2, 0) is 4.79 Å². The number of aryl methyl sites for hydroxylation is 1. The lowest BCUT2D eigenvalue weighted by atomic mass is 9.94. The number of nitrogens with one attached hydrogen (secondary N) is 1. The average molecular weight is 325 g/mol. The number of thiazole rings is 1. The van der Waals surface area contributed by atoms with Crippen LogP contribution in [0, 0.1) is 6.92 Å². The monoisotopic (exact) mass is 325 g/mol. The molecule has 1 heterocycles. The number of amides is 1. The molecule has 1 atom stereocenters. The highest BCUT2D eigenvalue weighted by molar-refractivity contribution is 7.16. The van der Waals surface area contributed by atoms with Crippen molar-refractivity contribution in [3.63, 3.8) is 0 Å². The predicted molar refractivity (Wildman–Crippen MR) is 95.8 cm³/mol. The third-order valence-corrected chi connectivity index (χ3v) is 4.64. The molecule has 4 nitrogen and oxygen atoms in total. The molecule has 118 valence electrons. The fourth-order valence-corrected chi connectivity index (χ4v) is 3.29. The molecule has 3 aromatic rings. The summed E-state index contributed by atoms with van der Waals surface area (Å²) in [6.07, 6.45) is 0.623. The van der Waals surface area contributed by atoms with Crippen LogP contribution in [0.15, 0.2) is 48.0 Å². The summed E-state index contributed by atoms with van der Waals surface area (Å²) in [7, 11) is 0. The third-order valence-electron chi connectivity index (χ3n) is 3.85. The van der Waals surface area contributed by atoms with Gasteiger partial charge in [-0.25, -0.2) is 4.98 Å². The fraction of sp³-hybridized carbons (Fsp3) is 0.222. The second-order valence-electron chi connectivity index (χ2n) is 5.56. The number of nitrogens with two attached hydrogens (primary N) is 1. The molecule has 2 aromatic carbocycles. The lowest BCUT2D eigenvalue weighted by Gasteiger charge is -2.17. The summed E-state index contributed by atoms with van der Waals surface area (Å²) in [6, 6.07) is 13.8. The third kappa shape index (κ3) is 3.57. The molecule has 1 unspecified atom stereocenters. The highest BCUT2D eigenvalue weighted by atomic mass is 32.1. The number of rotatable bonds is 5. The van der Waals surface area contributed by atoms with Crippen LogP contribution in [0.2, 0.25) is 0 Å². The van der Waals surface area contributed by atoms with Gasteiger partial charge in [-0.15, -0.1) is 11.3 Å². The van der Waals surface area contributed by atoms with Crippen LogP contribution < -0.4 is 11.1 Å². The Kier molecular flexibility index (Phi) is 4.69. The number of aromatic nitrogens is 1. The van der Waals surface area contributed by atoms with E-state index in [2.05, 4.69) is 10.3 Å². The number of nitrogens with zero attached hydrogens (tertiary/aromatic N) is 1. The van der Waals surface area contributed by atoms with Crippen molar-refractivity contribution in [1.29, 1.82) is 0 Å². The molecule has 5 heteroatoms. The van der Waals surface area contributed by atoms with Crippen molar-refractivity contribution in [2.24, 2.45) is 5.73 Å². The smallest absolute Gasteiger partial charge is 0.231 e. The van der Waals surface area contributed by atoms with Gasteiger partial charge in [0.2, 0.25) is 5.91 Å². The maximum Gasteiger partial charge on any atom is 0.231 e. The maximum absolute atomic E-state index is 12.7. The molecular weight excluding hydrogens is 306 g/mol. The molecular formula is C18H19N3OS. The van der Waals surface area contributed by atoms with Crippen LogP contribution in [0.1, 0.15) is 23.5 Å². The van der Waals surface area contributed by atoms with E-state index in [4.69, 9.17) is 5.73 Å². The van der Waals surface area contributed by atoms with Gasteiger partial charge in [0.1, 0.15) is 0 Å². The predicted octanol–water partition coefficient (Wildman–Crippen LogP) is 3.68. The Morgan fingerprint density at radius 2 is 2.04 bits per heavy atom. The standard InChI is InChI=1S/C18H19N3OS/c1-12-2-4-13(5-3-12)15(8-9-19)18(22)21-14-6-7-16-17(10-14)23-11-20-16/h2-7,10-11,15H,8-9,19H2,1H3,(H,21,22). The largest absolute Gasteiger partial charge is 0.330 e. The zero-order chi connectivity index (χ0) is 16.2. The second-order valence-corrected chi connectivity index (χ2v) is 6.45. The Morgan fingerprint density at radius 1 is 1.26 bits per heavy atom. The van der Waals surface area contributed by atoms with Gasteiger partial charge < -0.3 is 11.1 Å². The number of fused-ring (bicyclic) bond motifs is 1. The van der Waals surface area contributed by atoms with E-state index in [9.17, 15) is 4.79 Å². The molecule has 0 bridgehead atoms. The minimum absolute atomic E-state index is 0.0248. The van der Waals surface area contributed by atoms with Crippen LogP contribution >= 0.6 is 11.3 Å². The van der Waals surface area contributed by atoms with Crippen molar-refractivity contribution in [3.8, 4) is 0 Å². The van der Waals surface area contributed by atoms with Gasteiger partial charge in [-0.2, -0.15) is 0 Å². The molecule has 0 radical (unpaired) electrons. The van der Waals surface area contributed by atoms with Crippen LogP contribution in [0.25, 0.3) is 10.2 Å². The van der Waals surface area contributed by atoms with Gasteiger partial charge in [-0.05, 0) is 43.7 Å². The number of carbonyl (C=O) groups excluding carboxylic acids is 1. The van der Waals surface area contributed by atoms with Gasteiger partial charge in [-0.1, -0.05) is 29.8 Å². The van der Waals surface area contributed by atoms with Gasteiger partial charge in [0.05, 0.1) is 21.6 Å². The van der Waals surface area contributed by atoms with Crippen molar-refractivity contribution < 1.29 is 4.79 Å². The van der Waals surface area contributed by atoms with E-state index in [1.54, 1.807) is 16.8 Å². The highest BCUT2D eigenvalue weighted by Crippen LogP contribution is 2.25. The Hall–Kier alpha value is -2.24. The molecule has 0 aliphatic rings. The number of benzene rings is 2.